The number of hydrogen-bond acceptors (Lipinski definition) is 4. The third-order valence-electron chi connectivity index (χ3n) is 7.75. The minimum Gasteiger partial charge on any atom is -0.261 e. The van der Waals surface area contributed by atoms with Gasteiger partial charge in [0.05, 0.1) is 23.0 Å². The molecule has 1 aliphatic heterocycles. The molecule has 6 aromatic rings. The largest absolute Gasteiger partial charge is 2.00 e. The number of para-hydroxylation sites is 2. The third-order valence-corrected chi connectivity index (χ3v) is 7.75. The van der Waals surface area contributed by atoms with E-state index in [-0.39, 0.29) is 21.1 Å². The first-order valence-corrected chi connectivity index (χ1v) is 13.4. The van der Waals surface area contributed by atoms with Gasteiger partial charge in [-0.3, -0.25) is 9.97 Å². The van der Waals surface area contributed by atoms with Crippen LogP contribution in [0, 0.1) is 12.1 Å². The van der Waals surface area contributed by atoms with Gasteiger partial charge in [-0.2, -0.15) is 10.2 Å². The van der Waals surface area contributed by atoms with Crippen molar-refractivity contribution < 1.29 is 21.1 Å². The Morgan fingerprint density at radius 1 is 0.512 bits per heavy atom. The SMILES string of the molecule is CC1(C)c2[c-]c(ccc2)-c2nc(n(-c3ccccc3)n2)C(C)(C)c2[c-]c(ccc2)-c2nc1n(-c1ccccc1)n2.[Pt+2]. The molecule has 7 rings (SSSR count). The van der Waals surface area contributed by atoms with Crippen LogP contribution in [0.25, 0.3) is 34.2 Å². The van der Waals surface area contributed by atoms with Crippen molar-refractivity contribution in [1.29, 1.82) is 0 Å². The summed E-state index contributed by atoms with van der Waals surface area (Å²) >= 11 is 0. The Bertz CT molecular complexity index is 1710. The summed E-state index contributed by atoms with van der Waals surface area (Å²) in [6, 6.07) is 39.9. The summed E-state index contributed by atoms with van der Waals surface area (Å²) in [6.45, 7) is 8.64. The van der Waals surface area contributed by atoms with E-state index in [1.54, 1.807) is 0 Å². The van der Waals surface area contributed by atoms with Gasteiger partial charge in [-0.05, 0) is 24.3 Å². The Kier molecular flexibility index (Phi) is 6.62. The summed E-state index contributed by atoms with van der Waals surface area (Å²) in [5.41, 5.74) is 4.48. The van der Waals surface area contributed by atoms with Crippen LogP contribution in [0.1, 0.15) is 50.5 Å². The normalized spacial score (nSPS) is 14.5. The Morgan fingerprint density at radius 2 is 0.902 bits per heavy atom. The molecule has 0 atom stereocenters. The summed E-state index contributed by atoms with van der Waals surface area (Å²) in [7, 11) is 0. The molecule has 0 radical (unpaired) electrons. The molecule has 7 heteroatoms. The zero-order valence-corrected chi connectivity index (χ0v) is 25.5. The first kappa shape index (κ1) is 27.0. The van der Waals surface area contributed by atoms with Crippen LogP contribution in [-0.2, 0) is 31.9 Å². The fourth-order valence-corrected chi connectivity index (χ4v) is 5.33. The van der Waals surface area contributed by atoms with Gasteiger partial charge in [0.15, 0.2) is 0 Å². The van der Waals surface area contributed by atoms with Crippen molar-refractivity contribution >= 4 is 0 Å². The molecule has 204 valence electrons. The number of rotatable bonds is 2. The van der Waals surface area contributed by atoms with Gasteiger partial charge in [0.25, 0.3) is 0 Å². The van der Waals surface area contributed by atoms with Crippen LogP contribution < -0.4 is 0 Å². The van der Waals surface area contributed by atoms with Crippen LogP contribution in [0.4, 0.5) is 0 Å². The molecule has 0 saturated carbocycles. The molecular weight excluding hydrogens is 687 g/mol. The summed E-state index contributed by atoms with van der Waals surface area (Å²) in [6.07, 6.45) is 0. The number of aromatic nitrogens is 6. The quantitative estimate of drug-likeness (QED) is 0.187. The van der Waals surface area contributed by atoms with Crippen LogP contribution >= 0.6 is 0 Å². The van der Waals surface area contributed by atoms with E-state index >= 15 is 0 Å². The standard InChI is InChI=1S/C34H28N6.Pt/c1-33(2)25-15-11-13-23(21-25)30-36-32(40(38-30)28-19-9-6-10-20-28)34(3,4)26-16-12-14-24(22-26)29-35-31(33)39(37-29)27-17-7-5-8-18-27;/h5-20H,1-4H3;/q-2;+2. The molecule has 0 fully saturated rings. The Balaban J connectivity index is 0.00000302. The van der Waals surface area contributed by atoms with Gasteiger partial charge in [-0.15, -0.1) is 70.8 Å². The molecule has 0 aliphatic carbocycles. The molecular formula is C34H28N6Pt. The Morgan fingerprint density at radius 3 is 1.29 bits per heavy atom. The average Bonchev–Trinajstić information content (AvgIpc) is 3.65. The Hall–Kier alpha value is -4.15. The maximum atomic E-state index is 5.15. The number of hydrogen-bond donors (Lipinski definition) is 0. The second-order valence-corrected chi connectivity index (χ2v) is 11.2. The summed E-state index contributed by atoms with van der Waals surface area (Å²) < 4.78 is 3.89. The first-order chi connectivity index (χ1) is 19.3. The van der Waals surface area contributed by atoms with E-state index in [0.717, 1.165) is 45.3 Å². The zero-order chi connectivity index (χ0) is 27.5. The van der Waals surface area contributed by atoms with Gasteiger partial charge >= 0.3 is 21.1 Å². The van der Waals surface area contributed by atoms with Crippen LogP contribution in [0.2, 0.25) is 0 Å². The zero-order valence-electron chi connectivity index (χ0n) is 23.2. The van der Waals surface area contributed by atoms with Gasteiger partial charge < -0.3 is 0 Å². The Labute approximate surface area is 254 Å². The predicted molar refractivity (Wildman–Crippen MR) is 156 cm³/mol. The van der Waals surface area contributed by atoms with E-state index in [2.05, 4.69) is 76.2 Å². The van der Waals surface area contributed by atoms with Gasteiger partial charge in [-0.25, -0.2) is 9.36 Å². The minimum absolute atomic E-state index is 0. The van der Waals surface area contributed by atoms with E-state index in [4.69, 9.17) is 20.2 Å². The molecule has 6 nitrogen and oxygen atoms in total. The van der Waals surface area contributed by atoms with Crippen LogP contribution in [0.3, 0.4) is 0 Å². The van der Waals surface area contributed by atoms with E-state index < -0.39 is 10.8 Å². The predicted octanol–water partition coefficient (Wildman–Crippen LogP) is 6.75. The number of nitrogens with zero attached hydrogens (tertiary/aromatic N) is 6. The first-order valence-electron chi connectivity index (χ1n) is 13.4. The number of benzene rings is 4. The summed E-state index contributed by atoms with van der Waals surface area (Å²) in [5, 5.41) is 10.1. The van der Waals surface area contributed by atoms with E-state index in [1.807, 2.05) is 70.0 Å². The van der Waals surface area contributed by atoms with E-state index in [1.165, 1.54) is 0 Å². The van der Waals surface area contributed by atoms with Gasteiger partial charge in [0.2, 0.25) is 0 Å². The molecule has 4 aromatic carbocycles. The molecule has 8 bridgehead atoms. The average molecular weight is 716 g/mol. The molecule has 0 N–H and O–H groups in total. The summed E-state index contributed by atoms with van der Waals surface area (Å²) in [4.78, 5) is 10.3. The third kappa shape index (κ3) is 4.47. The maximum absolute atomic E-state index is 5.15. The molecule has 2 aromatic heterocycles. The van der Waals surface area contributed by atoms with Crippen LogP contribution in [0.15, 0.2) is 97.1 Å². The van der Waals surface area contributed by atoms with Gasteiger partial charge in [0.1, 0.15) is 11.6 Å². The molecule has 0 spiro atoms. The monoisotopic (exact) mass is 715 g/mol. The van der Waals surface area contributed by atoms with Crippen molar-refractivity contribution in [2.45, 2.75) is 38.5 Å². The van der Waals surface area contributed by atoms with Crippen molar-refractivity contribution in [3.05, 3.63) is 132 Å². The molecule has 0 unspecified atom stereocenters. The van der Waals surface area contributed by atoms with Crippen molar-refractivity contribution in [2.24, 2.45) is 0 Å². The van der Waals surface area contributed by atoms with Crippen molar-refractivity contribution in [1.82, 2.24) is 29.5 Å². The van der Waals surface area contributed by atoms with E-state index in [0.29, 0.717) is 11.6 Å². The molecule has 41 heavy (non-hydrogen) atoms. The topological polar surface area (TPSA) is 61.4 Å². The van der Waals surface area contributed by atoms with Crippen LogP contribution in [-0.4, -0.2) is 29.5 Å². The van der Waals surface area contributed by atoms with Gasteiger partial charge in [-0.1, -0.05) is 64.1 Å². The van der Waals surface area contributed by atoms with Crippen LogP contribution in [0.5, 0.6) is 0 Å². The molecule has 0 amide bonds. The molecule has 3 heterocycles. The fourth-order valence-electron chi connectivity index (χ4n) is 5.33. The van der Waals surface area contributed by atoms with Crippen molar-refractivity contribution in [3.8, 4) is 34.2 Å². The smallest absolute Gasteiger partial charge is 0.261 e. The number of fused-ring (bicyclic) bond motifs is 10. The second-order valence-electron chi connectivity index (χ2n) is 11.2. The van der Waals surface area contributed by atoms with Crippen molar-refractivity contribution in [3.63, 3.8) is 0 Å². The summed E-state index contributed by atoms with van der Waals surface area (Å²) in [5.74, 6) is 2.90. The molecule has 0 saturated heterocycles. The fraction of sp³-hybridized carbons (Fsp3) is 0.176. The molecule has 1 aliphatic rings. The minimum atomic E-state index is -0.525. The second kappa shape index (κ2) is 10.0. The van der Waals surface area contributed by atoms with Crippen molar-refractivity contribution in [2.75, 3.05) is 0 Å². The van der Waals surface area contributed by atoms with Gasteiger partial charge in [0, 0.05) is 10.8 Å². The maximum Gasteiger partial charge on any atom is 2.00 e. The van der Waals surface area contributed by atoms with E-state index in [9.17, 15) is 0 Å².